The average molecular weight is 430 g/mol. The van der Waals surface area contributed by atoms with Crippen LogP contribution >= 0.6 is 0 Å². The molecule has 2 aromatic carbocycles. The summed E-state index contributed by atoms with van der Waals surface area (Å²) in [5.74, 6) is -0.354. The highest BCUT2D eigenvalue weighted by atomic mass is 16.5. The zero-order chi connectivity index (χ0) is 22.7. The van der Waals surface area contributed by atoms with E-state index in [1.807, 2.05) is 54.6 Å². The SMILES string of the molecule is CC(C)COc1ccc(-c2nn(-c3ccccc3)cc2C=C2C(=O)NC(=O)NC2=O)cc1. The van der Waals surface area contributed by atoms with Gasteiger partial charge in [0, 0.05) is 17.3 Å². The third-order valence-corrected chi connectivity index (χ3v) is 4.72. The van der Waals surface area contributed by atoms with Crippen LogP contribution in [0.1, 0.15) is 19.4 Å². The molecule has 4 rings (SSSR count). The van der Waals surface area contributed by atoms with E-state index in [1.54, 1.807) is 10.9 Å². The van der Waals surface area contributed by atoms with E-state index in [1.165, 1.54) is 6.08 Å². The predicted molar refractivity (Wildman–Crippen MR) is 119 cm³/mol. The van der Waals surface area contributed by atoms with Gasteiger partial charge in [-0.2, -0.15) is 5.10 Å². The Morgan fingerprint density at radius 2 is 1.62 bits per heavy atom. The van der Waals surface area contributed by atoms with Gasteiger partial charge in [0.15, 0.2) is 0 Å². The normalized spacial score (nSPS) is 13.7. The number of hydrogen-bond donors (Lipinski definition) is 2. The number of nitrogens with zero attached hydrogens (tertiary/aromatic N) is 2. The number of rotatable bonds is 6. The van der Waals surface area contributed by atoms with E-state index < -0.39 is 17.8 Å². The van der Waals surface area contributed by atoms with E-state index in [2.05, 4.69) is 29.6 Å². The van der Waals surface area contributed by atoms with Crippen LogP contribution in [-0.2, 0) is 9.59 Å². The fourth-order valence-electron chi connectivity index (χ4n) is 3.16. The van der Waals surface area contributed by atoms with Crippen molar-refractivity contribution in [1.82, 2.24) is 20.4 Å². The molecule has 2 N–H and O–H groups in total. The molecule has 0 unspecified atom stereocenters. The number of imide groups is 2. The number of ether oxygens (including phenoxy) is 1. The lowest BCUT2D eigenvalue weighted by Gasteiger charge is -2.13. The molecule has 8 heteroatoms. The summed E-state index contributed by atoms with van der Waals surface area (Å²) in [6.07, 6.45) is 3.17. The summed E-state index contributed by atoms with van der Waals surface area (Å²) < 4.78 is 7.42. The number of carbonyl (C=O) groups excluding carboxylic acids is 3. The number of barbiturate groups is 1. The van der Waals surface area contributed by atoms with Gasteiger partial charge in [-0.15, -0.1) is 0 Å². The minimum atomic E-state index is -0.839. The lowest BCUT2D eigenvalue weighted by molar-refractivity contribution is -0.123. The van der Waals surface area contributed by atoms with E-state index >= 15 is 0 Å². The molecule has 1 aliphatic rings. The van der Waals surface area contributed by atoms with Crippen LogP contribution in [0.4, 0.5) is 4.79 Å². The Hall–Kier alpha value is -4.20. The first-order valence-electron chi connectivity index (χ1n) is 10.2. The fraction of sp³-hybridized carbons (Fsp3) is 0.167. The first-order valence-corrected chi connectivity index (χ1v) is 10.2. The second-order valence-electron chi connectivity index (χ2n) is 7.74. The van der Waals surface area contributed by atoms with Crippen LogP contribution in [0, 0.1) is 5.92 Å². The Morgan fingerprint density at radius 1 is 0.969 bits per heavy atom. The summed E-state index contributed by atoms with van der Waals surface area (Å²) in [6.45, 7) is 4.77. The van der Waals surface area contributed by atoms with Crippen LogP contribution in [0.5, 0.6) is 5.75 Å². The molecular weight excluding hydrogens is 408 g/mol. The van der Waals surface area contributed by atoms with Crippen LogP contribution in [0.3, 0.4) is 0 Å². The molecule has 0 aliphatic carbocycles. The quantitative estimate of drug-likeness (QED) is 0.461. The lowest BCUT2D eigenvalue weighted by atomic mass is 10.0. The smallest absolute Gasteiger partial charge is 0.328 e. The van der Waals surface area contributed by atoms with Gasteiger partial charge < -0.3 is 4.74 Å². The summed E-state index contributed by atoms with van der Waals surface area (Å²) in [6, 6.07) is 16.1. The third kappa shape index (κ3) is 4.59. The van der Waals surface area contributed by atoms with Crippen molar-refractivity contribution in [2.45, 2.75) is 13.8 Å². The van der Waals surface area contributed by atoms with Gasteiger partial charge >= 0.3 is 6.03 Å². The Balaban J connectivity index is 1.75. The molecule has 0 bridgehead atoms. The summed E-state index contributed by atoms with van der Waals surface area (Å²) in [4.78, 5) is 35.8. The fourth-order valence-corrected chi connectivity index (χ4v) is 3.16. The molecule has 1 saturated heterocycles. The molecule has 2 heterocycles. The molecule has 162 valence electrons. The maximum atomic E-state index is 12.2. The largest absolute Gasteiger partial charge is 0.493 e. The van der Waals surface area contributed by atoms with Crippen LogP contribution < -0.4 is 15.4 Å². The maximum absolute atomic E-state index is 12.2. The molecule has 1 aliphatic heterocycles. The van der Waals surface area contributed by atoms with Gasteiger partial charge in [0.1, 0.15) is 11.3 Å². The molecule has 8 nitrogen and oxygen atoms in total. The second kappa shape index (κ2) is 8.89. The van der Waals surface area contributed by atoms with Crippen molar-refractivity contribution < 1.29 is 19.1 Å². The van der Waals surface area contributed by atoms with Gasteiger partial charge in [0.05, 0.1) is 18.0 Å². The minimum absolute atomic E-state index is 0.171. The van der Waals surface area contributed by atoms with Crippen molar-refractivity contribution in [3.63, 3.8) is 0 Å². The average Bonchev–Trinajstić information content (AvgIpc) is 3.20. The minimum Gasteiger partial charge on any atom is -0.493 e. The Labute approximate surface area is 184 Å². The number of aromatic nitrogens is 2. The highest BCUT2D eigenvalue weighted by Gasteiger charge is 2.28. The van der Waals surface area contributed by atoms with Crippen LogP contribution in [-0.4, -0.2) is 34.2 Å². The van der Waals surface area contributed by atoms with E-state index in [9.17, 15) is 14.4 Å². The molecule has 1 aromatic heterocycles. The molecule has 0 spiro atoms. The Kier molecular flexibility index (Phi) is 5.85. The number of carbonyl (C=O) groups is 3. The topological polar surface area (TPSA) is 102 Å². The summed E-state index contributed by atoms with van der Waals surface area (Å²) in [5, 5.41) is 8.86. The molecule has 0 atom stereocenters. The molecular formula is C24H22N4O4. The van der Waals surface area contributed by atoms with Crippen molar-refractivity contribution in [1.29, 1.82) is 0 Å². The van der Waals surface area contributed by atoms with E-state index in [-0.39, 0.29) is 5.57 Å². The standard InChI is InChI=1S/C24H22N4O4/c1-15(2)14-32-19-10-8-16(9-11-19)21-17(12-20-22(29)25-24(31)26-23(20)30)13-28(27-21)18-6-4-3-5-7-18/h3-13,15H,14H2,1-2H3,(H2,25,26,29,30,31). The third-order valence-electron chi connectivity index (χ3n) is 4.72. The van der Waals surface area contributed by atoms with Crippen molar-refractivity contribution >= 4 is 23.9 Å². The van der Waals surface area contributed by atoms with E-state index in [4.69, 9.17) is 4.74 Å². The Bertz CT molecular complexity index is 1170. The van der Waals surface area contributed by atoms with Gasteiger partial charge in [-0.1, -0.05) is 32.0 Å². The highest BCUT2D eigenvalue weighted by molar-refractivity contribution is 6.31. The number of nitrogens with one attached hydrogen (secondary N) is 2. The van der Waals surface area contributed by atoms with Gasteiger partial charge in [0.2, 0.25) is 0 Å². The van der Waals surface area contributed by atoms with Crippen molar-refractivity contribution in [2.75, 3.05) is 6.61 Å². The molecule has 32 heavy (non-hydrogen) atoms. The van der Waals surface area contributed by atoms with Crippen LogP contribution in [0.2, 0.25) is 0 Å². The van der Waals surface area contributed by atoms with E-state index in [0.29, 0.717) is 23.8 Å². The monoisotopic (exact) mass is 430 g/mol. The molecule has 0 radical (unpaired) electrons. The second-order valence-corrected chi connectivity index (χ2v) is 7.74. The van der Waals surface area contributed by atoms with Gasteiger partial charge in [-0.05, 0) is 48.4 Å². The van der Waals surface area contributed by atoms with Crippen molar-refractivity contribution in [2.24, 2.45) is 5.92 Å². The first kappa shape index (κ1) is 21.0. The highest BCUT2D eigenvalue weighted by Crippen LogP contribution is 2.28. The van der Waals surface area contributed by atoms with Crippen molar-refractivity contribution in [3.05, 3.63) is 71.9 Å². The van der Waals surface area contributed by atoms with Gasteiger partial charge in [0.25, 0.3) is 11.8 Å². The number of amides is 4. The number of benzene rings is 2. The predicted octanol–water partition coefficient (Wildman–Crippen LogP) is 3.32. The van der Waals surface area contributed by atoms with Crippen LogP contribution in [0.25, 0.3) is 23.0 Å². The zero-order valence-electron chi connectivity index (χ0n) is 17.7. The molecule has 1 fully saturated rings. The Morgan fingerprint density at radius 3 is 2.25 bits per heavy atom. The number of para-hydroxylation sites is 1. The van der Waals surface area contributed by atoms with Gasteiger partial charge in [-0.3, -0.25) is 20.2 Å². The maximum Gasteiger partial charge on any atom is 0.328 e. The first-order chi connectivity index (χ1) is 15.4. The van der Waals surface area contributed by atoms with Crippen LogP contribution in [0.15, 0.2) is 66.4 Å². The molecule has 3 aromatic rings. The summed E-state index contributed by atoms with van der Waals surface area (Å²) >= 11 is 0. The lowest BCUT2D eigenvalue weighted by Crippen LogP contribution is -2.51. The summed E-state index contributed by atoms with van der Waals surface area (Å²) in [5.41, 5.74) is 2.57. The van der Waals surface area contributed by atoms with E-state index in [0.717, 1.165) is 17.0 Å². The van der Waals surface area contributed by atoms with Gasteiger partial charge in [-0.25, -0.2) is 9.48 Å². The number of hydrogen-bond acceptors (Lipinski definition) is 5. The molecule has 4 amide bonds. The zero-order valence-corrected chi connectivity index (χ0v) is 17.7. The summed E-state index contributed by atoms with van der Waals surface area (Å²) in [7, 11) is 0. The molecule has 0 saturated carbocycles. The van der Waals surface area contributed by atoms with Crippen molar-refractivity contribution in [3.8, 4) is 22.7 Å². The number of urea groups is 1.